The number of rotatable bonds is 9. The molecule has 0 saturated carbocycles. The highest BCUT2D eigenvalue weighted by molar-refractivity contribution is 5.90. The normalized spacial score (nSPS) is 16.8. The molecule has 1 aliphatic heterocycles. The molecule has 2 amide bonds. The second-order valence-corrected chi connectivity index (χ2v) is 7.35. The van der Waals surface area contributed by atoms with Crippen molar-refractivity contribution >= 4 is 17.7 Å². The van der Waals surface area contributed by atoms with E-state index in [1.54, 1.807) is 24.3 Å². The predicted molar refractivity (Wildman–Crippen MR) is 112 cm³/mol. The fourth-order valence-corrected chi connectivity index (χ4v) is 3.24. The summed E-state index contributed by atoms with van der Waals surface area (Å²) in [5.41, 5.74) is 2.35. The first-order valence-corrected chi connectivity index (χ1v) is 9.93. The molecule has 0 radical (unpaired) electrons. The van der Waals surface area contributed by atoms with Gasteiger partial charge in [0.25, 0.3) is 0 Å². The number of anilines is 1. The number of hydrogen-bond acceptors (Lipinski definition) is 5. The molecule has 3 rings (SSSR count). The Morgan fingerprint density at radius 1 is 1.29 bits per heavy atom. The third-order valence-electron chi connectivity index (χ3n) is 4.87. The number of benzene rings is 2. The summed E-state index contributed by atoms with van der Waals surface area (Å²) in [6, 6.07) is 11.7. The van der Waals surface area contributed by atoms with Gasteiger partial charge in [0.1, 0.15) is 18.6 Å². The number of aliphatic hydroxyl groups excluding tert-OH is 1. The highest BCUT2D eigenvalue weighted by Crippen LogP contribution is 2.29. The third kappa shape index (κ3) is 5.99. The average molecular weight is 433 g/mol. The number of cyclic esters (lactones) is 1. The van der Waals surface area contributed by atoms with Crippen molar-refractivity contribution in [2.75, 3.05) is 31.2 Å². The van der Waals surface area contributed by atoms with Gasteiger partial charge in [0, 0.05) is 25.6 Å². The van der Waals surface area contributed by atoms with Crippen LogP contribution in [0.5, 0.6) is 0 Å². The maximum absolute atomic E-state index is 14.8. The van der Waals surface area contributed by atoms with Gasteiger partial charge in [-0.05, 0) is 29.3 Å². The molecule has 0 aromatic heterocycles. The van der Waals surface area contributed by atoms with Crippen LogP contribution in [0.4, 0.5) is 19.3 Å². The van der Waals surface area contributed by atoms with Gasteiger partial charge >= 0.3 is 6.09 Å². The Hall–Kier alpha value is -3.04. The predicted octanol–water partition coefficient (Wildman–Crippen LogP) is 2.37. The van der Waals surface area contributed by atoms with Gasteiger partial charge in [0.15, 0.2) is 0 Å². The number of ether oxygens (including phenoxy) is 1. The van der Waals surface area contributed by atoms with Crippen molar-refractivity contribution in [1.29, 1.82) is 0 Å². The summed E-state index contributed by atoms with van der Waals surface area (Å²) in [6.07, 6.45) is -2.11. The molecule has 31 heavy (non-hydrogen) atoms. The molecule has 0 bridgehead atoms. The molecule has 0 spiro atoms. The zero-order valence-electron chi connectivity index (χ0n) is 17.1. The Morgan fingerprint density at radius 3 is 2.68 bits per heavy atom. The summed E-state index contributed by atoms with van der Waals surface area (Å²) >= 11 is 0. The number of carbonyl (C=O) groups excluding carboxylic acids is 2. The average Bonchev–Trinajstić information content (AvgIpc) is 3.13. The molecule has 1 fully saturated rings. The fourth-order valence-electron chi connectivity index (χ4n) is 3.24. The van der Waals surface area contributed by atoms with Crippen LogP contribution >= 0.6 is 0 Å². The Morgan fingerprint density at radius 2 is 2.03 bits per heavy atom. The number of halogens is 2. The van der Waals surface area contributed by atoms with Gasteiger partial charge in [-0.25, -0.2) is 13.6 Å². The summed E-state index contributed by atoms with van der Waals surface area (Å²) in [7, 11) is 0. The van der Waals surface area contributed by atoms with E-state index in [0.29, 0.717) is 23.4 Å². The monoisotopic (exact) mass is 433 g/mol. The van der Waals surface area contributed by atoms with Gasteiger partial charge in [0.05, 0.1) is 24.9 Å². The summed E-state index contributed by atoms with van der Waals surface area (Å²) < 4.78 is 32.2. The van der Waals surface area contributed by atoms with Gasteiger partial charge in [0.2, 0.25) is 5.91 Å². The van der Waals surface area contributed by atoms with Gasteiger partial charge < -0.3 is 20.5 Å². The van der Waals surface area contributed by atoms with Crippen LogP contribution in [0.25, 0.3) is 11.1 Å². The number of nitrogens with zero attached hydrogens (tertiary/aromatic N) is 1. The van der Waals surface area contributed by atoms with E-state index in [9.17, 15) is 23.5 Å². The van der Waals surface area contributed by atoms with Crippen molar-refractivity contribution in [3.63, 3.8) is 0 Å². The number of alkyl halides is 1. The highest BCUT2D eigenvalue weighted by atomic mass is 19.1. The van der Waals surface area contributed by atoms with Gasteiger partial charge in [-0.2, -0.15) is 0 Å². The number of carbonyl (C=O) groups is 2. The van der Waals surface area contributed by atoms with E-state index in [1.807, 2.05) is 12.1 Å². The second-order valence-electron chi connectivity index (χ2n) is 7.35. The minimum atomic E-state index is -1.03. The molecule has 3 N–H and O–H groups in total. The Balaban J connectivity index is 1.64. The lowest BCUT2D eigenvalue weighted by atomic mass is 10.0. The van der Waals surface area contributed by atoms with E-state index in [0.717, 1.165) is 5.56 Å². The van der Waals surface area contributed by atoms with E-state index in [4.69, 9.17) is 4.74 Å². The number of nitrogens with one attached hydrogen (secondary N) is 2. The zero-order valence-corrected chi connectivity index (χ0v) is 17.1. The lowest BCUT2D eigenvalue weighted by Gasteiger charge is -2.15. The van der Waals surface area contributed by atoms with Crippen LogP contribution in [0.1, 0.15) is 12.5 Å². The SMILES string of the molecule is CC(=O)NC[C@H]1CN(c2ccc(-c3ccc(CNCC(O)CF)cc3)c(F)c2)C(=O)O1. The minimum absolute atomic E-state index is 0.152. The fraction of sp³-hybridized carbons (Fsp3) is 0.364. The zero-order chi connectivity index (χ0) is 22.4. The molecule has 1 unspecified atom stereocenters. The Labute approximate surface area is 179 Å². The first-order chi connectivity index (χ1) is 14.9. The minimum Gasteiger partial charge on any atom is -0.442 e. The van der Waals surface area contributed by atoms with Gasteiger partial charge in [-0.15, -0.1) is 0 Å². The molecule has 1 aliphatic rings. The molecule has 1 saturated heterocycles. The topological polar surface area (TPSA) is 90.9 Å². The van der Waals surface area contributed by atoms with Crippen LogP contribution in [0.15, 0.2) is 42.5 Å². The Kier molecular flexibility index (Phi) is 7.54. The van der Waals surface area contributed by atoms with E-state index in [1.165, 1.54) is 17.9 Å². The molecular formula is C22H25F2N3O4. The van der Waals surface area contributed by atoms with Crippen LogP contribution in [0, 0.1) is 5.82 Å². The van der Waals surface area contributed by atoms with Crippen LogP contribution in [-0.2, 0) is 16.1 Å². The molecule has 9 heteroatoms. The van der Waals surface area contributed by atoms with E-state index in [2.05, 4.69) is 10.6 Å². The van der Waals surface area contributed by atoms with E-state index < -0.39 is 30.8 Å². The summed E-state index contributed by atoms with van der Waals surface area (Å²) in [5.74, 6) is -0.698. The summed E-state index contributed by atoms with van der Waals surface area (Å²) in [6.45, 7) is 1.60. The summed E-state index contributed by atoms with van der Waals surface area (Å²) in [4.78, 5) is 24.5. The molecule has 2 aromatic carbocycles. The Bertz CT molecular complexity index is 923. The molecule has 166 valence electrons. The smallest absolute Gasteiger partial charge is 0.414 e. The quantitative estimate of drug-likeness (QED) is 0.565. The lowest BCUT2D eigenvalue weighted by molar-refractivity contribution is -0.119. The van der Waals surface area contributed by atoms with Gasteiger partial charge in [-0.1, -0.05) is 24.3 Å². The molecule has 7 nitrogen and oxygen atoms in total. The largest absolute Gasteiger partial charge is 0.442 e. The molecule has 2 atom stereocenters. The molecular weight excluding hydrogens is 408 g/mol. The standard InChI is InChI=1S/C22H25F2N3O4/c1-14(28)26-12-19-13-27(22(30)31-19)17-6-7-20(21(24)8-17)16-4-2-15(3-5-16)10-25-11-18(29)9-23/h2-8,18-19,25,29H,9-13H2,1H3,(H,26,28)/t18?,19-/m0/s1. The van der Waals surface area contributed by atoms with E-state index >= 15 is 0 Å². The van der Waals surface area contributed by atoms with Crippen LogP contribution < -0.4 is 15.5 Å². The van der Waals surface area contributed by atoms with Crippen molar-refractivity contribution in [3.05, 3.63) is 53.8 Å². The molecule has 0 aliphatic carbocycles. The maximum atomic E-state index is 14.8. The second kappa shape index (κ2) is 10.3. The first kappa shape index (κ1) is 22.6. The number of amides is 2. The number of aliphatic hydroxyl groups is 1. The molecule has 2 aromatic rings. The van der Waals surface area contributed by atoms with Crippen LogP contribution in [-0.4, -0.2) is 55.6 Å². The maximum Gasteiger partial charge on any atom is 0.414 e. The van der Waals surface area contributed by atoms with Crippen molar-refractivity contribution < 1.29 is 28.2 Å². The van der Waals surface area contributed by atoms with Crippen molar-refractivity contribution in [1.82, 2.24) is 10.6 Å². The van der Waals surface area contributed by atoms with Crippen molar-refractivity contribution in [2.45, 2.75) is 25.7 Å². The highest BCUT2D eigenvalue weighted by Gasteiger charge is 2.32. The summed E-state index contributed by atoms with van der Waals surface area (Å²) in [5, 5.41) is 14.8. The third-order valence-corrected chi connectivity index (χ3v) is 4.87. The number of hydrogen-bond donors (Lipinski definition) is 3. The molecule has 1 heterocycles. The first-order valence-electron chi connectivity index (χ1n) is 9.93. The van der Waals surface area contributed by atoms with Crippen LogP contribution in [0.3, 0.4) is 0 Å². The van der Waals surface area contributed by atoms with Crippen molar-refractivity contribution in [2.24, 2.45) is 0 Å². The van der Waals surface area contributed by atoms with E-state index in [-0.39, 0.29) is 25.5 Å². The van der Waals surface area contributed by atoms with Crippen LogP contribution in [0.2, 0.25) is 0 Å². The van der Waals surface area contributed by atoms with Gasteiger partial charge in [-0.3, -0.25) is 9.69 Å². The lowest BCUT2D eigenvalue weighted by Crippen LogP contribution is -2.33. The van der Waals surface area contributed by atoms with Crippen molar-refractivity contribution in [3.8, 4) is 11.1 Å².